The van der Waals surface area contributed by atoms with Crippen molar-refractivity contribution in [2.24, 2.45) is 25.9 Å². The smallest absolute Gasteiger partial charge is 0.423 e. The second kappa shape index (κ2) is 18.8. The van der Waals surface area contributed by atoms with E-state index in [0.29, 0.717) is 61.9 Å². The zero-order valence-electron chi connectivity index (χ0n) is 40.4. The first kappa shape index (κ1) is 47.5. The molecule has 360 valence electrons. The zero-order valence-corrected chi connectivity index (χ0v) is 41.2. The van der Waals surface area contributed by atoms with Crippen molar-refractivity contribution in [1.29, 1.82) is 10.5 Å². The second-order valence-corrected chi connectivity index (χ2v) is 19.0. The first-order valence-corrected chi connectivity index (χ1v) is 23.9. The van der Waals surface area contributed by atoms with Gasteiger partial charge < -0.3 is 19.2 Å². The number of fused-ring (bicyclic) bond motifs is 4. The van der Waals surface area contributed by atoms with Crippen LogP contribution in [-0.2, 0) is 27.2 Å². The number of hydrogen-bond acceptors (Lipinski definition) is 12. The Kier molecular flexibility index (Phi) is 12.4. The topological polar surface area (TPSA) is 229 Å². The fraction of sp³-hybridized carbons (Fsp3) is 0.269. The molecule has 18 nitrogen and oxygen atoms in total. The van der Waals surface area contributed by atoms with Crippen molar-refractivity contribution in [2.75, 3.05) is 0 Å². The molecule has 0 amide bonds. The lowest BCUT2D eigenvalue weighted by Crippen LogP contribution is -2.29. The van der Waals surface area contributed by atoms with E-state index in [1.807, 2.05) is 101 Å². The Bertz CT molecular complexity index is 3970. The van der Waals surface area contributed by atoms with E-state index >= 15 is 0 Å². The highest BCUT2D eigenvalue weighted by Crippen LogP contribution is 2.38. The average molecular weight is 979 g/mol. The SMILES string of the molecule is Cc1c(C#N)c2nn(-c3ccc4nn(C)cc4c3)c(=O)c(Cl)c2n1CC1CC1.Cc1ccc(-c2c(=O)n(-c3ccc4nn(C)cc4c3)nc3c(C#N)c(C)n(CC4CC4)c23)cn1.Cc1ccc(B(O)O)cn1. The molecule has 2 aromatic carbocycles. The molecule has 0 radical (unpaired) electrons. The molecule has 72 heavy (non-hydrogen) atoms. The zero-order chi connectivity index (χ0) is 50.7. The summed E-state index contributed by atoms with van der Waals surface area (Å²) in [6.45, 7) is 9.12. The van der Waals surface area contributed by atoms with Gasteiger partial charge in [-0.1, -0.05) is 23.7 Å². The molecule has 0 unspecified atom stereocenters. The first-order chi connectivity index (χ1) is 34.6. The van der Waals surface area contributed by atoms with Gasteiger partial charge in [-0.25, -0.2) is 0 Å². The molecule has 0 saturated heterocycles. The van der Waals surface area contributed by atoms with E-state index in [1.54, 1.807) is 33.8 Å². The Morgan fingerprint density at radius 2 is 1.14 bits per heavy atom. The molecule has 0 aliphatic heterocycles. The molecular formula is C52H48BClN14O4. The Morgan fingerprint density at radius 1 is 0.653 bits per heavy atom. The third kappa shape index (κ3) is 8.94. The van der Waals surface area contributed by atoms with E-state index in [2.05, 4.69) is 42.0 Å². The number of rotatable bonds is 8. The van der Waals surface area contributed by atoms with Crippen molar-refractivity contribution < 1.29 is 10.0 Å². The normalized spacial score (nSPS) is 13.2. The molecule has 0 atom stereocenters. The number of aryl methyl sites for hydroxylation is 4. The van der Waals surface area contributed by atoms with Gasteiger partial charge in [-0.3, -0.25) is 28.9 Å². The van der Waals surface area contributed by atoms with Crippen molar-refractivity contribution in [3.05, 3.63) is 145 Å². The van der Waals surface area contributed by atoms with Gasteiger partial charge in [-0.2, -0.15) is 40.3 Å². The maximum Gasteiger partial charge on any atom is 0.490 e. The monoisotopic (exact) mass is 978 g/mol. The molecule has 2 aliphatic carbocycles. The second-order valence-electron chi connectivity index (χ2n) is 18.7. The van der Waals surface area contributed by atoms with Crippen LogP contribution >= 0.6 is 11.6 Å². The largest absolute Gasteiger partial charge is 0.490 e. The van der Waals surface area contributed by atoms with E-state index in [1.165, 1.54) is 15.6 Å². The summed E-state index contributed by atoms with van der Waals surface area (Å²) < 4.78 is 10.2. The number of hydrogen-bond donors (Lipinski definition) is 2. The van der Waals surface area contributed by atoms with Crippen LogP contribution in [0.4, 0.5) is 0 Å². The maximum atomic E-state index is 14.0. The van der Waals surface area contributed by atoms with Crippen molar-refractivity contribution in [3.63, 3.8) is 0 Å². The molecule has 0 bridgehead atoms. The first-order valence-electron chi connectivity index (χ1n) is 23.5. The van der Waals surface area contributed by atoms with Gasteiger partial charge in [-0.15, -0.1) is 0 Å². The van der Waals surface area contributed by atoms with E-state index in [4.69, 9.17) is 26.7 Å². The fourth-order valence-corrected chi connectivity index (χ4v) is 9.31. The van der Waals surface area contributed by atoms with Gasteiger partial charge in [0.05, 0.1) is 39.0 Å². The predicted molar refractivity (Wildman–Crippen MR) is 275 cm³/mol. The van der Waals surface area contributed by atoms with Crippen LogP contribution in [-0.4, -0.2) is 75.4 Å². The Hall–Kier alpha value is -8.23. The van der Waals surface area contributed by atoms with Crippen LogP contribution in [0.5, 0.6) is 0 Å². The summed E-state index contributed by atoms with van der Waals surface area (Å²) in [5, 5.41) is 57.0. The minimum Gasteiger partial charge on any atom is -0.423 e. The quantitative estimate of drug-likeness (QED) is 0.157. The standard InChI is InChI=1S/C26H23N7O.C20H17ClN6O.C6H8BNO2/c1-15-4-7-18(12-28-15)23-25-24(21(11-27)16(2)32(25)13-17-5-6-17)30-33(26(23)34)20-8-9-22-19(10-20)14-31(3)29-22;1-11-15(8-22)18-19(26(11)9-12-3-4-12)17(21)20(28)27(24-18)14-5-6-16-13(7-14)10-25(2)23-16;1-5-2-3-6(4-8-5)7(9)10/h4,7-10,12,14,17H,5-6,13H2,1-3H3;5-7,10,12H,3-4,9H2,1-2H3;2-4,9-10H,1H3. The number of pyridine rings is 2. The molecular weight excluding hydrogens is 931 g/mol. The van der Waals surface area contributed by atoms with Crippen LogP contribution in [0.25, 0.3) is 66.4 Å². The number of nitrogens with zero attached hydrogens (tertiary/aromatic N) is 14. The van der Waals surface area contributed by atoms with Gasteiger partial charge in [0.25, 0.3) is 11.1 Å². The van der Waals surface area contributed by atoms with E-state index < -0.39 is 12.7 Å². The van der Waals surface area contributed by atoms with Gasteiger partial charge in [0.1, 0.15) is 39.3 Å². The average Bonchev–Trinajstić information content (AvgIpc) is 4.25. The van der Waals surface area contributed by atoms with Gasteiger partial charge >= 0.3 is 7.12 Å². The van der Waals surface area contributed by atoms with Crippen LogP contribution in [0.2, 0.25) is 5.02 Å². The lowest BCUT2D eigenvalue weighted by Gasteiger charge is -2.13. The molecule has 10 aromatic rings. The summed E-state index contributed by atoms with van der Waals surface area (Å²) >= 11 is 6.53. The summed E-state index contributed by atoms with van der Waals surface area (Å²) in [6.07, 6.45) is 11.6. The highest BCUT2D eigenvalue weighted by atomic mass is 35.5. The lowest BCUT2D eigenvalue weighted by atomic mass is 9.82. The molecule has 20 heteroatoms. The minimum absolute atomic E-state index is 0.0986. The van der Waals surface area contributed by atoms with E-state index in [9.17, 15) is 20.1 Å². The Morgan fingerprint density at radius 3 is 1.60 bits per heavy atom. The Labute approximate surface area is 417 Å². The van der Waals surface area contributed by atoms with Gasteiger partial charge in [-0.05, 0) is 114 Å². The molecule has 2 aliphatic rings. The predicted octanol–water partition coefficient (Wildman–Crippen LogP) is 6.42. The summed E-state index contributed by atoms with van der Waals surface area (Å²) in [5.74, 6) is 1.15. The van der Waals surface area contributed by atoms with Crippen molar-refractivity contribution in [1.82, 2.24) is 58.2 Å². The highest BCUT2D eigenvalue weighted by molar-refractivity contribution is 6.58. The molecule has 2 fully saturated rings. The minimum atomic E-state index is -1.41. The molecule has 12 rings (SSSR count). The third-order valence-electron chi connectivity index (χ3n) is 13.3. The molecule has 0 spiro atoms. The highest BCUT2D eigenvalue weighted by Gasteiger charge is 2.30. The summed E-state index contributed by atoms with van der Waals surface area (Å²) in [4.78, 5) is 35.4. The molecule has 2 N–H and O–H groups in total. The van der Waals surface area contributed by atoms with E-state index in [-0.39, 0.29) is 10.6 Å². The molecule has 2 saturated carbocycles. The van der Waals surface area contributed by atoms with Crippen LogP contribution in [0, 0.1) is 62.2 Å². The summed E-state index contributed by atoms with van der Waals surface area (Å²) in [6, 6.07) is 22.9. The van der Waals surface area contributed by atoms with Gasteiger partial charge in [0.15, 0.2) is 0 Å². The number of benzene rings is 2. The van der Waals surface area contributed by atoms with Gasteiger partial charge in [0.2, 0.25) is 0 Å². The van der Waals surface area contributed by atoms with Crippen LogP contribution in [0.15, 0.2) is 95.0 Å². The number of halogens is 1. The molecule has 8 heterocycles. The number of nitriles is 2. The van der Waals surface area contributed by atoms with Gasteiger partial charge in [0, 0.05) is 96.5 Å². The third-order valence-corrected chi connectivity index (χ3v) is 13.6. The van der Waals surface area contributed by atoms with Crippen molar-refractivity contribution in [3.8, 4) is 34.6 Å². The number of aromatic nitrogens is 12. The van der Waals surface area contributed by atoms with Crippen molar-refractivity contribution in [2.45, 2.75) is 66.5 Å². The Balaban J connectivity index is 0.000000141. The van der Waals surface area contributed by atoms with Crippen LogP contribution in [0.1, 0.15) is 59.6 Å². The van der Waals surface area contributed by atoms with Crippen molar-refractivity contribution >= 4 is 68.1 Å². The fourth-order valence-electron chi connectivity index (χ4n) is 9.04. The van der Waals surface area contributed by atoms with Crippen LogP contribution in [0.3, 0.4) is 0 Å². The van der Waals surface area contributed by atoms with Crippen LogP contribution < -0.4 is 16.6 Å². The van der Waals surface area contributed by atoms with E-state index in [0.717, 1.165) is 94.4 Å². The lowest BCUT2D eigenvalue weighted by molar-refractivity contribution is 0.425. The summed E-state index contributed by atoms with van der Waals surface area (Å²) in [7, 11) is 2.30. The summed E-state index contributed by atoms with van der Waals surface area (Å²) in [5.41, 5.74) is 10.6. The maximum absolute atomic E-state index is 14.0. The molecule has 8 aromatic heterocycles.